The molecule has 2 heteroatoms. The zero-order valence-corrected chi connectivity index (χ0v) is 10.3. The zero-order chi connectivity index (χ0) is 12.0. The quantitative estimate of drug-likeness (QED) is 0.735. The lowest BCUT2D eigenvalue weighted by Crippen LogP contribution is -2.13. The highest BCUT2D eigenvalue weighted by molar-refractivity contribution is 5.83. The maximum Gasteiger partial charge on any atom is 0.140 e. The van der Waals surface area contributed by atoms with E-state index in [1.807, 2.05) is 31.2 Å². The Labute approximate surface area is 97.6 Å². The third kappa shape index (κ3) is 3.69. The predicted molar refractivity (Wildman–Crippen MR) is 65.8 cm³/mol. The van der Waals surface area contributed by atoms with Crippen LogP contribution in [0.1, 0.15) is 32.3 Å². The lowest BCUT2D eigenvalue weighted by atomic mass is 9.96. The van der Waals surface area contributed by atoms with Gasteiger partial charge >= 0.3 is 0 Å². The average Bonchev–Trinajstić information content (AvgIpc) is 2.29. The number of rotatable bonds is 6. The van der Waals surface area contributed by atoms with Gasteiger partial charge in [-0.15, -0.1) is 0 Å². The van der Waals surface area contributed by atoms with Crippen molar-refractivity contribution in [2.45, 2.75) is 33.1 Å². The van der Waals surface area contributed by atoms with Gasteiger partial charge in [-0.05, 0) is 24.1 Å². The van der Waals surface area contributed by atoms with Gasteiger partial charge in [-0.1, -0.05) is 32.4 Å². The molecule has 0 fully saturated rings. The maximum absolute atomic E-state index is 11.9. The van der Waals surface area contributed by atoms with Crippen molar-refractivity contribution in [2.24, 2.45) is 5.92 Å². The second-order valence-electron chi connectivity index (χ2n) is 4.18. The number of hydrogen-bond acceptors (Lipinski definition) is 2. The summed E-state index contributed by atoms with van der Waals surface area (Å²) in [5, 5.41) is 0. The second kappa shape index (κ2) is 6.31. The van der Waals surface area contributed by atoms with Crippen LogP contribution in [0.5, 0.6) is 5.75 Å². The molecule has 1 aromatic rings. The Morgan fingerprint density at radius 2 is 2.19 bits per heavy atom. The molecular formula is C14H20O2. The summed E-state index contributed by atoms with van der Waals surface area (Å²) in [5.74, 6) is 1.29. The molecule has 0 heterocycles. The van der Waals surface area contributed by atoms with Crippen LogP contribution in [0.3, 0.4) is 0 Å². The summed E-state index contributed by atoms with van der Waals surface area (Å²) in [7, 11) is 1.64. The van der Waals surface area contributed by atoms with Crippen LogP contribution in [0.4, 0.5) is 0 Å². The first-order valence-corrected chi connectivity index (χ1v) is 5.83. The first-order valence-electron chi connectivity index (χ1n) is 5.83. The fourth-order valence-electron chi connectivity index (χ4n) is 1.75. The van der Waals surface area contributed by atoms with Gasteiger partial charge in [0.25, 0.3) is 0 Å². The highest BCUT2D eigenvalue weighted by atomic mass is 16.5. The summed E-state index contributed by atoms with van der Waals surface area (Å²) < 4.78 is 5.13. The zero-order valence-electron chi connectivity index (χ0n) is 10.3. The van der Waals surface area contributed by atoms with E-state index in [9.17, 15) is 4.79 Å². The molecule has 1 unspecified atom stereocenters. The van der Waals surface area contributed by atoms with Crippen LogP contribution in [-0.4, -0.2) is 12.9 Å². The van der Waals surface area contributed by atoms with E-state index in [0.29, 0.717) is 12.2 Å². The summed E-state index contributed by atoms with van der Waals surface area (Å²) in [6.07, 6.45) is 2.55. The Morgan fingerprint density at radius 3 is 2.81 bits per heavy atom. The topological polar surface area (TPSA) is 26.3 Å². The van der Waals surface area contributed by atoms with Crippen molar-refractivity contribution in [1.82, 2.24) is 0 Å². The molecule has 0 aromatic heterocycles. The van der Waals surface area contributed by atoms with E-state index in [2.05, 4.69) is 6.92 Å². The molecule has 1 atom stereocenters. The Morgan fingerprint density at radius 1 is 1.44 bits per heavy atom. The number of methoxy groups -OCH3 is 1. The molecule has 0 bridgehead atoms. The molecule has 0 amide bonds. The van der Waals surface area contributed by atoms with Crippen molar-refractivity contribution in [3.8, 4) is 5.75 Å². The third-order valence-electron chi connectivity index (χ3n) is 2.78. The first kappa shape index (κ1) is 12.8. The van der Waals surface area contributed by atoms with Crippen LogP contribution in [0.2, 0.25) is 0 Å². The number of benzene rings is 1. The van der Waals surface area contributed by atoms with E-state index in [0.717, 1.165) is 24.2 Å². The number of ether oxygens (including phenoxy) is 1. The van der Waals surface area contributed by atoms with E-state index in [4.69, 9.17) is 4.74 Å². The lowest BCUT2D eigenvalue weighted by molar-refractivity contribution is -0.121. The summed E-state index contributed by atoms with van der Waals surface area (Å²) >= 11 is 0. The monoisotopic (exact) mass is 220 g/mol. The van der Waals surface area contributed by atoms with Crippen LogP contribution < -0.4 is 4.74 Å². The van der Waals surface area contributed by atoms with Gasteiger partial charge in [0.1, 0.15) is 11.5 Å². The van der Waals surface area contributed by atoms with Crippen LogP contribution in [0, 0.1) is 5.92 Å². The normalized spacial score (nSPS) is 12.2. The Balaban J connectivity index is 2.61. The molecule has 0 aliphatic carbocycles. The van der Waals surface area contributed by atoms with Gasteiger partial charge in [0.2, 0.25) is 0 Å². The third-order valence-corrected chi connectivity index (χ3v) is 2.78. The van der Waals surface area contributed by atoms with E-state index in [1.54, 1.807) is 7.11 Å². The summed E-state index contributed by atoms with van der Waals surface area (Å²) in [5.41, 5.74) is 1.03. The lowest BCUT2D eigenvalue weighted by Gasteiger charge is -2.09. The van der Waals surface area contributed by atoms with Gasteiger partial charge < -0.3 is 4.74 Å². The number of carbonyl (C=O) groups is 1. The molecule has 88 valence electrons. The maximum atomic E-state index is 11.9. The van der Waals surface area contributed by atoms with E-state index in [1.165, 1.54) is 0 Å². The Kier molecular flexibility index (Phi) is 5.03. The molecule has 1 rings (SSSR count). The summed E-state index contributed by atoms with van der Waals surface area (Å²) in [6.45, 7) is 4.11. The van der Waals surface area contributed by atoms with Crippen molar-refractivity contribution in [3.05, 3.63) is 29.8 Å². The van der Waals surface area contributed by atoms with Crippen LogP contribution in [0.15, 0.2) is 24.3 Å². The molecule has 0 saturated heterocycles. The van der Waals surface area contributed by atoms with Gasteiger partial charge in [-0.3, -0.25) is 4.79 Å². The highest BCUT2D eigenvalue weighted by Crippen LogP contribution is 2.16. The van der Waals surface area contributed by atoms with Gasteiger partial charge in [-0.2, -0.15) is 0 Å². The molecular weight excluding hydrogens is 200 g/mol. The van der Waals surface area contributed by atoms with Crippen LogP contribution in [-0.2, 0) is 11.2 Å². The average molecular weight is 220 g/mol. The SMILES string of the molecule is CCCC(C)C(=O)Cc1cccc(OC)c1. The standard InChI is InChI=1S/C14H20O2/c1-4-6-11(2)14(15)10-12-7-5-8-13(9-12)16-3/h5,7-9,11H,4,6,10H2,1-3H3. The fraction of sp³-hybridized carbons (Fsp3) is 0.500. The van der Waals surface area contributed by atoms with Crippen molar-refractivity contribution in [3.63, 3.8) is 0 Å². The van der Waals surface area contributed by atoms with Crippen molar-refractivity contribution >= 4 is 5.78 Å². The van der Waals surface area contributed by atoms with Gasteiger partial charge in [0, 0.05) is 12.3 Å². The van der Waals surface area contributed by atoms with E-state index < -0.39 is 0 Å². The number of ketones is 1. The van der Waals surface area contributed by atoms with Gasteiger partial charge in [-0.25, -0.2) is 0 Å². The number of carbonyl (C=O) groups excluding carboxylic acids is 1. The highest BCUT2D eigenvalue weighted by Gasteiger charge is 2.12. The molecule has 1 aromatic carbocycles. The number of Topliss-reactive ketones (excluding diaryl/α,β-unsaturated/α-hetero) is 1. The molecule has 0 aliphatic heterocycles. The molecule has 16 heavy (non-hydrogen) atoms. The van der Waals surface area contributed by atoms with Crippen LogP contribution >= 0.6 is 0 Å². The molecule has 0 aliphatic rings. The molecule has 0 N–H and O–H groups in total. The minimum atomic E-state index is 0.163. The van der Waals surface area contributed by atoms with Gasteiger partial charge in [0.05, 0.1) is 7.11 Å². The molecule has 0 spiro atoms. The first-order chi connectivity index (χ1) is 7.67. The minimum Gasteiger partial charge on any atom is -0.497 e. The Hall–Kier alpha value is -1.31. The summed E-state index contributed by atoms with van der Waals surface area (Å²) in [6, 6.07) is 7.71. The largest absolute Gasteiger partial charge is 0.497 e. The van der Waals surface area contributed by atoms with E-state index in [-0.39, 0.29) is 5.92 Å². The Bertz CT molecular complexity index is 344. The second-order valence-corrected chi connectivity index (χ2v) is 4.18. The summed E-state index contributed by atoms with van der Waals surface area (Å²) in [4.78, 5) is 11.9. The molecule has 2 nitrogen and oxygen atoms in total. The van der Waals surface area contributed by atoms with Crippen molar-refractivity contribution in [2.75, 3.05) is 7.11 Å². The van der Waals surface area contributed by atoms with Gasteiger partial charge in [0.15, 0.2) is 0 Å². The van der Waals surface area contributed by atoms with Crippen molar-refractivity contribution < 1.29 is 9.53 Å². The minimum absolute atomic E-state index is 0.163. The smallest absolute Gasteiger partial charge is 0.140 e. The molecule has 0 saturated carbocycles. The molecule has 0 radical (unpaired) electrons. The van der Waals surface area contributed by atoms with E-state index >= 15 is 0 Å². The predicted octanol–water partition coefficient (Wildman–Crippen LogP) is 3.24. The fourth-order valence-corrected chi connectivity index (χ4v) is 1.75. The van der Waals surface area contributed by atoms with Crippen LogP contribution in [0.25, 0.3) is 0 Å². The number of hydrogen-bond donors (Lipinski definition) is 0. The van der Waals surface area contributed by atoms with Crippen molar-refractivity contribution in [1.29, 1.82) is 0 Å².